The zero-order valence-electron chi connectivity index (χ0n) is 14.0. The van der Waals surface area contributed by atoms with Crippen LogP contribution < -0.4 is 10.2 Å². The number of nitrogens with zero attached hydrogens (tertiary/aromatic N) is 2. The van der Waals surface area contributed by atoms with Crippen molar-refractivity contribution in [3.05, 3.63) is 52.5 Å². The number of hydrogen-bond donors (Lipinski definition) is 1. The number of rotatable bonds is 3. The predicted molar refractivity (Wildman–Crippen MR) is 98.5 cm³/mol. The first-order chi connectivity index (χ1) is 11.9. The van der Waals surface area contributed by atoms with Crippen molar-refractivity contribution < 1.29 is 13.9 Å². The first kappa shape index (κ1) is 17.8. The van der Waals surface area contributed by atoms with Crippen LogP contribution in [0.25, 0.3) is 0 Å². The molecule has 2 aromatic rings. The van der Waals surface area contributed by atoms with Gasteiger partial charge >= 0.3 is 0 Å². The molecule has 132 valence electrons. The summed E-state index contributed by atoms with van der Waals surface area (Å²) in [7, 11) is 0. The second kappa shape index (κ2) is 7.49. The number of anilines is 2. The van der Waals surface area contributed by atoms with Crippen LogP contribution in [0.5, 0.6) is 0 Å². The van der Waals surface area contributed by atoms with Gasteiger partial charge in [-0.05, 0) is 54.0 Å². The van der Waals surface area contributed by atoms with Gasteiger partial charge in [0.25, 0.3) is 5.91 Å². The number of carbonyl (C=O) groups is 1. The highest BCUT2D eigenvalue weighted by Gasteiger charge is 2.24. The minimum Gasteiger partial charge on any atom is -0.372 e. The molecule has 1 aromatic heterocycles. The van der Waals surface area contributed by atoms with Crippen molar-refractivity contribution >= 4 is 33.2 Å². The topological polar surface area (TPSA) is 54.5 Å². The third kappa shape index (κ3) is 4.35. The van der Waals surface area contributed by atoms with E-state index in [9.17, 15) is 9.18 Å². The summed E-state index contributed by atoms with van der Waals surface area (Å²) in [6, 6.07) is 6.38. The number of pyridine rings is 1. The Hall–Kier alpha value is -1.99. The number of hydrogen-bond acceptors (Lipinski definition) is 4. The number of halogens is 2. The van der Waals surface area contributed by atoms with Crippen LogP contribution in [-0.4, -0.2) is 36.2 Å². The van der Waals surface area contributed by atoms with Gasteiger partial charge in [0.2, 0.25) is 0 Å². The molecule has 1 N–H and O–H groups in total. The van der Waals surface area contributed by atoms with Gasteiger partial charge in [-0.2, -0.15) is 0 Å². The maximum atomic E-state index is 14.6. The summed E-state index contributed by atoms with van der Waals surface area (Å²) in [5.41, 5.74) is 1.32. The van der Waals surface area contributed by atoms with Gasteiger partial charge in [-0.15, -0.1) is 0 Å². The number of amides is 1. The SMILES string of the molecule is C[C@@H]1CN(c2ccc(NC(=O)c3cncc(Br)c3)cc2F)C[C@H](C)O1. The van der Waals surface area contributed by atoms with Crippen LogP contribution in [0.15, 0.2) is 41.1 Å². The number of carbonyl (C=O) groups excluding carboxylic acids is 1. The fraction of sp³-hybridized carbons (Fsp3) is 0.333. The Morgan fingerprint density at radius 2 is 2.00 bits per heavy atom. The summed E-state index contributed by atoms with van der Waals surface area (Å²) in [6.07, 6.45) is 3.15. The Kier molecular flexibility index (Phi) is 5.34. The van der Waals surface area contributed by atoms with Crippen molar-refractivity contribution in [1.82, 2.24) is 4.98 Å². The van der Waals surface area contributed by atoms with Gasteiger partial charge in [-0.25, -0.2) is 4.39 Å². The lowest BCUT2D eigenvalue weighted by molar-refractivity contribution is -0.00539. The minimum absolute atomic E-state index is 0.0477. The first-order valence-electron chi connectivity index (χ1n) is 8.04. The van der Waals surface area contributed by atoms with Gasteiger partial charge < -0.3 is 15.0 Å². The Balaban J connectivity index is 1.74. The number of aromatic nitrogens is 1. The molecule has 0 bridgehead atoms. The molecule has 1 aliphatic rings. The standard InChI is InChI=1S/C18H19BrFN3O2/c1-11-9-23(10-12(2)25-11)17-4-3-15(6-16(17)20)22-18(24)13-5-14(19)8-21-7-13/h3-8,11-12H,9-10H2,1-2H3,(H,22,24)/t11-,12+. The number of benzene rings is 1. The molecule has 0 unspecified atom stereocenters. The first-order valence-corrected chi connectivity index (χ1v) is 8.83. The van der Waals surface area contributed by atoms with E-state index in [2.05, 4.69) is 26.2 Å². The molecule has 3 rings (SSSR count). The highest BCUT2D eigenvalue weighted by molar-refractivity contribution is 9.10. The summed E-state index contributed by atoms with van der Waals surface area (Å²) in [4.78, 5) is 18.2. The van der Waals surface area contributed by atoms with E-state index in [-0.39, 0.29) is 23.9 Å². The van der Waals surface area contributed by atoms with Crippen LogP contribution in [0, 0.1) is 5.82 Å². The average Bonchev–Trinajstić information content (AvgIpc) is 2.54. The van der Waals surface area contributed by atoms with Gasteiger partial charge in [0, 0.05) is 35.6 Å². The number of morpholine rings is 1. The zero-order chi connectivity index (χ0) is 18.0. The van der Waals surface area contributed by atoms with Crippen molar-refractivity contribution in [2.24, 2.45) is 0 Å². The third-order valence-corrected chi connectivity index (χ3v) is 4.37. The van der Waals surface area contributed by atoms with E-state index in [1.807, 2.05) is 18.7 Å². The van der Waals surface area contributed by atoms with Gasteiger partial charge in [0.05, 0.1) is 23.5 Å². The van der Waals surface area contributed by atoms with Crippen molar-refractivity contribution in [2.45, 2.75) is 26.1 Å². The van der Waals surface area contributed by atoms with Crippen LogP contribution in [0.3, 0.4) is 0 Å². The van der Waals surface area contributed by atoms with Crippen LogP contribution >= 0.6 is 15.9 Å². The van der Waals surface area contributed by atoms with Crippen LogP contribution in [0.4, 0.5) is 15.8 Å². The summed E-state index contributed by atoms with van der Waals surface area (Å²) < 4.78 is 20.9. The van der Waals surface area contributed by atoms with Gasteiger partial charge in [0.15, 0.2) is 0 Å². The molecule has 1 saturated heterocycles. The van der Waals surface area contributed by atoms with E-state index >= 15 is 0 Å². The summed E-state index contributed by atoms with van der Waals surface area (Å²) in [5, 5.41) is 2.69. The normalized spacial score (nSPS) is 20.4. The molecule has 1 aromatic carbocycles. The van der Waals surface area contributed by atoms with E-state index < -0.39 is 0 Å². The lowest BCUT2D eigenvalue weighted by Gasteiger charge is -2.37. The van der Waals surface area contributed by atoms with E-state index in [0.717, 1.165) is 0 Å². The Morgan fingerprint density at radius 3 is 2.64 bits per heavy atom. The predicted octanol–water partition coefficient (Wildman–Crippen LogP) is 3.85. The average molecular weight is 408 g/mol. The van der Waals surface area contributed by atoms with Crippen LogP contribution in [-0.2, 0) is 4.74 Å². The Labute approximate surface area is 154 Å². The van der Waals surface area contributed by atoms with E-state index in [1.54, 1.807) is 24.4 Å². The quantitative estimate of drug-likeness (QED) is 0.839. The van der Waals surface area contributed by atoms with Crippen LogP contribution in [0.2, 0.25) is 0 Å². The Bertz CT molecular complexity index is 777. The van der Waals surface area contributed by atoms with Crippen molar-refractivity contribution in [3.63, 3.8) is 0 Å². The lowest BCUT2D eigenvalue weighted by atomic mass is 10.1. The molecular weight excluding hydrogens is 389 g/mol. The molecule has 5 nitrogen and oxygen atoms in total. The fourth-order valence-electron chi connectivity index (χ4n) is 2.96. The smallest absolute Gasteiger partial charge is 0.257 e. The minimum atomic E-state index is -0.369. The van der Waals surface area contributed by atoms with Crippen LogP contribution in [0.1, 0.15) is 24.2 Å². The highest BCUT2D eigenvalue weighted by atomic mass is 79.9. The molecule has 7 heteroatoms. The largest absolute Gasteiger partial charge is 0.372 e. The van der Waals surface area contributed by atoms with Gasteiger partial charge in [-0.3, -0.25) is 9.78 Å². The second-order valence-electron chi connectivity index (χ2n) is 6.17. The summed E-state index contributed by atoms with van der Waals surface area (Å²) in [6.45, 7) is 5.22. The number of ether oxygens (including phenoxy) is 1. The van der Waals surface area contributed by atoms with Gasteiger partial charge in [-0.1, -0.05) is 0 Å². The van der Waals surface area contributed by atoms with Gasteiger partial charge in [0.1, 0.15) is 5.82 Å². The van der Waals surface area contributed by atoms with E-state index in [1.165, 1.54) is 12.3 Å². The number of nitrogens with one attached hydrogen (secondary N) is 1. The molecule has 0 radical (unpaired) electrons. The van der Waals surface area contributed by atoms with Crippen molar-refractivity contribution in [3.8, 4) is 0 Å². The lowest BCUT2D eigenvalue weighted by Crippen LogP contribution is -2.45. The second-order valence-corrected chi connectivity index (χ2v) is 7.09. The molecule has 0 saturated carbocycles. The molecule has 2 atom stereocenters. The van der Waals surface area contributed by atoms with Crippen molar-refractivity contribution in [2.75, 3.05) is 23.3 Å². The van der Waals surface area contributed by atoms with Crippen molar-refractivity contribution in [1.29, 1.82) is 0 Å². The van der Waals surface area contributed by atoms with E-state index in [0.29, 0.717) is 34.5 Å². The maximum Gasteiger partial charge on any atom is 0.257 e. The molecule has 0 aliphatic carbocycles. The monoisotopic (exact) mass is 407 g/mol. The molecule has 2 heterocycles. The molecule has 0 spiro atoms. The molecular formula is C18H19BrFN3O2. The molecule has 1 amide bonds. The molecule has 25 heavy (non-hydrogen) atoms. The third-order valence-electron chi connectivity index (χ3n) is 3.93. The molecule has 1 aliphatic heterocycles. The summed E-state index contributed by atoms with van der Waals surface area (Å²) in [5.74, 6) is -0.707. The fourth-order valence-corrected chi connectivity index (χ4v) is 3.32. The Morgan fingerprint density at radius 1 is 1.28 bits per heavy atom. The zero-order valence-corrected chi connectivity index (χ0v) is 15.6. The summed E-state index contributed by atoms with van der Waals surface area (Å²) >= 11 is 3.27. The maximum absolute atomic E-state index is 14.6. The van der Waals surface area contributed by atoms with E-state index in [4.69, 9.17) is 4.74 Å². The molecule has 1 fully saturated rings. The highest BCUT2D eigenvalue weighted by Crippen LogP contribution is 2.26.